The van der Waals surface area contributed by atoms with Crippen molar-refractivity contribution in [2.45, 2.75) is 12.8 Å². The highest BCUT2D eigenvalue weighted by Gasteiger charge is 2.16. The van der Waals surface area contributed by atoms with E-state index >= 15 is 4.39 Å². The summed E-state index contributed by atoms with van der Waals surface area (Å²) in [6.07, 6.45) is 0.376. The zero-order chi connectivity index (χ0) is 21.8. The molecule has 0 saturated heterocycles. The number of carbonyl (C=O) groups is 1. The number of fused-ring (bicyclic) bond motifs is 1. The van der Waals surface area contributed by atoms with Crippen molar-refractivity contribution in [2.24, 2.45) is 0 Å². The van der Waals surface area contributed by atoms with Gasteiger partial charge in [-0.1, -0.05) is 54.6 Å². The Morgan fingerprint density at radius 2 is 1.61 bits per heavy atom. The molecule has 0 radical (unpaired) electrons. The van der Waals surface area contributed by atoms with Gasteiger partial charge in [-0.25, -0.2) is 9.37 Å². The summed E-state index contributed by atoms with van der Waals surface area (Å²) in [7, 11) is 0. The molecule has 3 aromatic carbocycles. The number of aldehydes is 1. The highest BCUT2D eigenvalue weighted by atomic mass is 32.1. The Hall–Kier alpha value is -3.71. The Morgan fingerprint density at radius 3 is 2.32 bits per heavy atom. The van der Waals surface area contributed by atoms with E-state index in [9.17, 15) is 4.79 Å². The number of nitrogens with zero attached hydrogens (tertiary/aromatic N) is 1. The summed E-state index contributed by atoms with van der Waals surface area (Å²) in [5, 5.41) is 15.8. The van der Waals surface area contributed by atoms with E-state index in [1.54, 1.807) is 12.1 Å². The van der Waals surface area contributed by atoms with Gasteiger partial charge in [-0.2, -0.15) is 0 Å². The number of hydrogen-bond donors (Lipinski definition) is 2. The Morgan fingerprint density at radius 1 is 0.935 bits per heavy atom. The van der Waals surface area contributed by atoms with E-state index in [1.165, 1.54) is 0 Å². The lowest BCUT2D eigenvalue weighted by atomic mass is 10.00. The third-order valence-corrected chi connectivity index (χ3v) is 5.74. The van der Waals surface area contributed by atoms with Gasteiger partial charge in [-0.3, -0.25) is 10.8 Å². The molecule has 0 amide bonds. The fourth-order valence-corrected chi connectivity index (χ4v) is 4.22. The highest BCUT2D eigenvalue weighted by Crippen LogP contribution is 2.33. The zero-order valence-electron chi connectivity index (χ0n) is 16.4. The SMILES string of the molecule is N=C(CC=O)OC(=N)Cc1nc2ccc(-c3ccc(-c4ccccc4)cc3)c(F)c2s1. The summed E-state index contributed by atoms with van der Waals surface area (Å²) < 4.78 is 20.6. The van der Waals surface area contributed by atoms with E-state index in [-0.39, 0.29) is 30.5 Å². The van der Waals surface area contributed by atoms with Crippen LogP contribution in [-0.4, -0.2) is 23.1 Å². The molecule has 0 aliphatic carbocycles. The van der Waals surface area contributed by atoms with E-state index in [0.29, 0.717) is 27.1 Å². The highest BCUT2D eigenvalue weighted by molar-refractivity contribution is 7.18. The summed E-state index contributed by atoms with van der Waals surface area (Å²) in [4.78, 5) is 14.8. The molecule has 0 fully saturated rings. The fourth-order valence-electron chi connectivity index (χ4n) is 3.22. The average molecular weight is 431 g/mol. The molecule has 0 bridgehead atoms. The first kappa shape index (κ1) is 20.6. The van der Waals surface area contributed by atoms with Crippen LogP contribution in [0.25, 0.3) is 32.5 Å². The third kappa shape index (κ3) is 4.57. The van der Waals surface area contributed by atoms with Crippen LogP contribution < -0.4 is 0 Å². The molecule has 5 nitrogen and oxygen atoms in total. The molecule has 2 N–H and O–H groups in total. The van der Waals surface area contributed by atoms with E-state index in [0.717, 1.165) is 28.0 Å². The second-order valence-corrected chi connectivity index (χ2v) is 7.91. The Labute approximate surface area is 182 Å². The minimum Gasteiger partial charge on any atom is -0.429 e. The predicted molar refractivity (Wildman–Crippen MR) is 121 cm³/mol. The lowest BCUT2D eigenvalue weighted by molar-refractivity contribution is -0.107. The van der Waals surface area contributed by atoms with Crippen LogP contribution in [0.4, 0.5) is 4.39 Å². The Bertz CT molecular complexity index is 1270. The lowest BCUT2D eigenvalue weighted by Crippen LogP contribution is -2.13. The molecule has 0 aliphatic rings. The molecule has 7 heteroatoms. The van der Waals surface area contributed by atoms with Crippen LogP contribution in [0.15, 0.2) is 66.7 Å². The molecule has 154 valence electrons. The number of halogens is 1. The van der Waals surface area contributed by atoms with Crippen molar-refractivity contribution in [1.82, 2.24) is 4.98 Å². The van der Waals surface area contributed by atoms with Crippen molar-refractivity contribution in [3.8, 4) is 22.3 Å². The largest absolute Gasteiger partial charge is 0.429 e. The predicted octanol–water partition coefficient (Wildman–Crippen LogP) is 5.87. The van der Waals surface area contributed by atoms with Gasteiger partial charge in [0.1, 0.15) is 17.1 Å². The lowest BCUT2D eigenvalue weighted by Gasteiger charge is -2.06. The van der Waals surface area contributed by atoms with Crippen LogP contribution in [0, 0.1) is 16.6 Å². The van der Waals surface area contributed by atoms with Crippen LogP contribution in [0.3, 0.4) is 0 Å². The van der Waals surface area contributed by atoms with Crippen molar-refractivity contribution in [3.05, 3.63) is 77.6 Å². The number of benzene rings is 3. The van der Waals surface area contributed by atoms with Gasteiger partial charge in [-0.15, -0.1) is 11.3 Å². The molecule has 0 spiro atoms. The minimum atomic E-state index is -0.352. The van der Waals surface area contributed by atoms with Crippen molar-refractivity contribution in [2.75, 3.05) is 0 Å². The maximum absolute atomic E-state index is 15.3. The van der Waals surface area contributed by atoms with Crippen molar-refractivity contribution >= 4 is 39.6 Å². The molecule has 0 aliphatic heterocycles. The summed E-state index contributed by atoms with van der Waals surface area (Å²) in [5.41, 5.74) is 3.93. The van der Waals surface area contributed by atoms with Gasteiger partial charge in [0.25, 0.3) is 0 Å². The maximum Gasteiger partial charge on any atom is 0.196 e. The van der Waals surface area contributed by atoms with Crippen LogP contribution in [0.5, 0.6) is 0 Å². The van der Waals surface area contributed by atoms with Gasteiger partial charge >= 0.3 is 0 Å². The number of nitrogens with one attached hydrogen (secondary N) is 2. The van der Waals surface area contributed by atoms with Crippen molar-refractivity contribution < 1.29 is 13.9 Å². The second-order valence-electron chi connectivity index (χ2n) is 6.82. The first-order chi connectivity index (χ1) is 15.0. The topological polar surface area (TPSA) is 86.9 Å². The number of rotatable bonds is 6. The van der Waals surface area contributed by atoms with E-state index in [1.807, 2.05) is 54.6 Å². The number of thiazole rings is 1. The fraction of sp³-hybridized carbons (Fsp3) is 0.0833. The third-order valence-electron chi connectivity index (χ3n) is 4.67. The van der Waals surface area contributed by atoms with Gasteiger partial charge in [0.05, 0.1) is 23.1 Å². The first-order valence-corrected chi connectivity index (χ1v) is 10.4. The normalized spacial score (nSPS) is 10.7. The summed E-state index contributed by atoms with van der Waals surface area (Å²) >= 11 is 1.15. The molecule has 4 aromatic rings. The number of aromatic nitrogens is 1. The van der Waals surface area contributed by atoms with Gasteiger partial charge < -0.3 is 9.53 Å². The average Bonchev–Trinajstić information content (AvgIpc) is 3.18. The van der Waals surface area contributed by atoms with Crippen LogP contribution in [0.2, 0.25) is 0 Å². The molecule has 31 heavy (non-hydrogen) atoms. The second kappa shape index (κ2) is 8.97. The van der Waals surface area contributed by atoms with Gasteiger partial charge in [-0.05, 0) is 28.8 Å². The van der Waals surface area contributed by atoms with Crippen molar-refractivity contribution in [3.63, 3.8) is 0 Å². The molecular formula is C24H18FN3O2S. The van der Waals surface area contributed by atoms with Gasteiger partial charge in [0.15, 0.2) is 11.8 Å². The summed E-state index contributed by atoms with van der Waals surface area (Å²) in [6, 6.07) is 21.2. The molecule has 4 rings (SSSR count). The minimum absolute atomic E-state index is 0.0289. The Kier molecular flexibility index (Phi) is 5.95. The van der Waals surface area contributed by atoms with Gasteiger partial charge in [0, 0.05) is 5.56 Å². The van der Waals surface area contributed by atoms with Crippen molar-refractivity contribution in [1.29, 1.82) is 10.8 Å². The van der Waals surface area contributed by atoms with Crippen LogP contribution in [0.1, 0.15) is 11.4 Å². The summed E-state index contributed by atoms with van der Waals surface area (Å²) in [5.74, 6) is -0.855. The number of carbonyl (C=O) groups excluding carboxylic acids is 1. The van der Waals surface area contributed by atoms with Crippen LogP contribution >= 0.6 is 11.3 Å². The molecule has 0 unspecified atom stereocenters. The molecule has 0 saturated carbocycles. The standard InChI is InChI=1S/C24H18FN3O2S/c25-23-18(17-8-6-16(7-9-17)15-4-2-1-3-5-15)10-11-19-24(23)31-22(28-19)14-21(27)30-20(26)12-13-29/h1-11,13,26-27H,12,14H2. The Balaban J connectivity index is 1.57. The number of hydrogen-bond acceptors (Lipinski definition) is 6. The maximum atomic E-state index is 15.3. The van der Waals surface area contributed by atoms with E-state index in [4.69, 9.17) is 15.6 Å². The van der Waals surface area contributed by atoms with Gasteiger partial charge in [0.2, 0.25) is 0 Å². The van der Waals surface area contributed by atoms with E-state index in [2.05, 4.69) is 4.98 Å². The smallest absolute Gasteiger partial charge is 0.196 e. The number of ether oxygens (including phenoxy) is 1. The molecule has 1 aromatic heterocycles. The first-order valence-electron chi connectivity index (χ1n) is 9.55. The quantitative estimate of drug-likeness (QED) is 0.227. The molecule has 0 atom stereocenters. The monoisotopic (exact) mass is 431 g/mol. The zero-order valence-corrected chi connectivity index (χ0v) is 17.2. The molecule has 1 heterocycles. The van der Waals surface area contributed by atoms with Crippen LogP contribution in [-0.2, 0) is 16.0 Å². The molecular weight excluding hydrogens is 413 g/mol. The van der Waals surface area contributed by atoms with E-state index < -0.39 is 0 Å². The summed E-state index contributed by atoms with van der Waals surface area (Å²) in [6.45, 7) is 0.